The van der Waals surface area contributed by atoms with Crippen molar-refractivity contribution in [1.82, 2.24) is 0 Å². The number of nitrogens with zero attached hydrogens (tertiary/aromatic N) is 2. The Labute approximate surface area is 110 Å². The third-order valence-corrected chi connectivity index (χ3v) is 2.76. The molecule has 0 amide bonds. The van der Waals surface area contributed by atoms with Crippen LogP contribution in [-0.4, -0.2) is 5.78 Å². The Morgan fingerprint density at radius 3 is 2.33 bits per heavy atom. The third kappa shape index (κ3) is 2.93. The molecule has 0 aliphatic rings. The number of aromatic nitrogens is 1. The van der Waals surface area contributed by atoms with Crippen molar-refractivity contribution in [3.63, 3.8) is 0 Å². The number of carbonyl (C=O) groups excluding carboxylic acids is 1. The zero-order valence-corrected chi connectivity index (χ0v) is 10.3. The Bertz CT molecular complexity index is 597. The van der Waals surface area contributed by atoms with Crippen LogP contribution in [0.5, 0.6) is 0 Å². The molecule has 1 heterocycles. The van der Waals surface area contributed by atoms with Crippen LogP contribution in [0, 0.1) is 11.3 Å². The summed E-state index contributed by atoms with van der Waals surface area (Å²) in [6.45, 7) is 0.253. The first kappa shape index (κ1) is 12.3. The lowest BCUT2D eigenvalue weighted by Gasteiger charge is -1.98. The van der Waals surface area contributed by atoms with Crippen LogP contribution in [0.2, 0.25) is 5.02 Å². The minimum absolute atomic E-state index is 0.00758. The Morgan fingerprint density at radius 2 is 1.78 bits per heavy atom. The van der Waals surface area contributed by atoms with Crippen LogP contribution in [0.4, 0.5) is 0 Å². The Hall–Kier alpha value is -2.18. The van der Waals surface area contributed by atoms with E-state index in [2.05, 4.69) is 0 Å². The van der Waals surface area contributed by atoms with E-state index in [0.717, 1.165) is 0 Å². The first-order valence-electron chi connectivity index (χ1n) is 5.37. The van der Waals surface area contributed by atoms with E-state index in [4.69, 9.17) is 16.9 Å². The monoisotopic (exact) mass is 257 g/mol. The molecule has 4 heteroatoms. The fourth-order valence-corrected chi connectivity index (χ4v) is 1.64. The molecule has 0 atom stereocenters. The highest BCUT2D eigenvalue weighted by Gasteiger charge is 2.11. The van der Waals surface area contributed by atoms with Gasteiger partial charge < -0.3 is 0 Å². The Balaban J connectivity index is 2.12. The van der Waals surface area contributed by atoms with Crippen molar-refractivity contribution in [3.05, 3.63) is 64.9 Å². The average molecular weight is 258 g/mol. The molecular formula is C14H10ClN2O+. The van der Waals surface area contributed by atoms with Crippen molar-refractivity contribution >= 4 is 17.4 Å². The van der Waals surface area contributed by atoms with Gasteiger partial charge >= 0.3 is 0 Å². The van der Waals surface area contributed by atoms with Crippen molar-refractivity contribution in [1.29, 1.82) is 5.26 Å². The second-order valence-electron chi connectivity index (χ2n) is 3.80. The van der Waals surface area contributed by atoms with E-state index >= 15 is 0 Å². The number of hydrogen-bond donors (Lipinski definition) is 0. The normalized spacial score (nSPS) is 9.78. The van der Waals surface area contributed by atoms with Gasteiger partial charge in [-0.15, -0.1) is 0 Å². The molecule has 0 bridgehead atoms. The highest BCUT2D eigenvalue weighted by molar-refractivity contribution is 6.30. The molecule has 0 aliphatic carbocycles. The van der Waals surface area contributed by atoms with Crippen LogP contribution in [0.3, 0.4) is 0 Å². The quantitative estimate of drug-likeness (QED) is 0.626. The molecule has 88 valence electrons. The highest BCUT2D eigenvalue weighted by Crippen LogP contribution is 2.05. The lowest BCUT2D eigenvalue weighted by atomic mass is 10.1. The fraction of sp³-hybridized carbons (Fsp3) is 0.0714. The van der Waals surface area contributed by atoms with E-state index in [1.54, 1.807) is 53.4 Å². The van der Waals surface area contributed by atoms with Gasteiger partial charge in [0.1, 0.15) is 0 Å². The van der Waals surface area contributed by atoms with Gasteiger partial charge in [0.05, 0.1) is 16.7 Å². The van der Waals surface area contributed by atoms with E-state index in [1.165, 1.54) is 0 Å². The van der Waals surface area contributed by atoms with Gasteiger partial charge in [0.15, 0.2) is 12.4 Å². The van der Waals surface area contributed by atoms with Crippen molar-refractivity contribution in [2.24, 2.45) is 0 Å². The predicted octanol–water partition coefficient (Wildman–Crippen LogP) is 2.38. The fourth-order valence-electron chi connectivity index (χ4n) is 1.53. The topological polar surface area (TPSA) is 44.7 Å². The van der Waals surface area contributed by atoms with Gasteiger partial charge in [0, 0.05) is 17.7 Å². The molecule has 2 aromatic rings. The molecule has 3 nitrogen and oxygen atoms in total. The zero-order chi connectivity index (χ0) is 13.0. The zero-order valence-electron chi connectivity index (χ0n) is 9.51. The van der Waals surface area contributed by atoms with Gasteiger partial charge in [-0.3, -0.25) is 4.79 Å². The smallest absolute Gasteiger partial charge is 0.227 e. The average Bonchev–Trinajstić information content (AvgIpc) is 2.41. The summed E-state index contributed by atoms with van der Waals surface area (Å²) in [7, 11) is 0. The molecular weight excluding hydrogens is 248 g/mol. The number of Topliss-reactive ketones (excluding diaryl/α,β-unsaturated/α-hetero) is 1. The highest BCUT2D eigenvalue weighted by atomic mass is 35.5. The van der Waals surface area contributed by atoms with E-state index in [-0.39, 0.29) is 12.3 Å². The Kier molecular flexibility index (Phi) is 3.71. The number of benzene rings is 1. The van der Waals surface area contributed by atoms with Crippen molar-refractivity contribution in [2.75, 3.05) is 0 Å². The van der Waals surface area contributed by atoms with Crippen LogP contribution >= 0.6 is 11.6 Å². The van der Waals surface area contributed by atoms with Crippen molar-refractivity contribution < 1.29 is 9.36 Å². The van der Waals surface area contributed by atoms with Gasteiger partial charge in [0.25, 0.3) is 0 Å². The molecule has 0 fully saturated rings. The number of ketones is 1. The SMILES string of the molecule is N#Cc1ccc(C(=O)C[n+]2ccc(Cl)cc2)cc1. The molecule has 0 saturated carbocycles. The maximum absolute atomic E-state index is 12.0. The molecule has 1 aromatic heterocycles. The maximum Gasteiger partial charge on any atom is 0.227 e. The summed E-state index contributed by atoms with van der Waals surface area (Å²) in [5.41, 5.74) is 1.14. The molecule has 0 spiro atoms. The van der Waals surface area contributed by atoms with Crippen molar-refractivity contribution in [2.45, 2.75) is 6.54 Å². The standard InChI is InChI=1S/C14H10ClN2O/c15-13-5-7-17(8-6-13)10-14(18)12-3-1-11(9-16)2-4-12/h1-8H,10H2/q+1. The van der Waals surface area contributed by atoms with Crippen LogP contribution in [-0.2, 0) is 6.54 Å². The van der Waals surface area contributed by atoms with Crippen LogP contribution in [0.1, 0.15) is 15.9 Å². The number of hydrogen-bond acceptors (Lipinski definition) is 2. The molecule has 1 aromatic carbocycles. The number of carbonyl (C=O) groups is 1. The molecule has 0 radical (unpaired) electrons. The first-order chi connectivity index (χ1) is 8.69. The van der Waals surface area contributed by atoms with Gasteiger partial charge in [0.2, 0.25) is 12.3 Å². The van der Waals surface area contributed by atoms with Crippen LogP contribution in [0.25, 0.3) is 0 Å². The maximum atomic E-state index is 12.0. The number of halogens is 1. The minimum Gasteiger partial charge on any atom is -0.287 e. The summed E-state index contributed by atoms with van der Waals surface area (Å²) in [5, 5.41) is 9.31. The first-order valence-corrected chi connectivity index (χ1v) is 5.75. The summed E-state index contributed by atoms with van der Waals surface area (Å²) in [6, 6.07) is 12.1. The molecule has 18 heavy (non-hydrogen) atoms. The summed E-state index contributed by atoms with van der Waals surface area (Å²) in [5.74, 6) is -0.00758. The second kappa shape index (κ2) is 5.44. The number of rotatable bonds is 3. The van der Waals surface area contributed by atoms with Gasteiger partial charge in [-0.2, -0.15) is 9.83 Å². The molecule has 0 aliphatic heterocycles. The van der Waals surface area contributed by atoms with E-state index < -0.39 is 0 Å². The molecule has 0 saturated heterocycles. The second-order valence-corrected chi connectivity index (χ2v) is 4.24. The third-order valence-electron chi connectivity index (χ3n) is 2.51. The minimum atomic E-state index is -0.00758. The lowest BCUT2D eigenvalue weighted by molar-refractivity contribution is -0.683. The molecule has 0 N–H and O–H groups in total. The Morgan fingerprint density at radius 1 is 1.17 bits per heavy atom. The van der Waals surface area contributed by atoms with Gasteiger partial charge in [-0.1, -0.05) is 11.6 Å². The molecule has 0 unspecified atom stereocenters. The predicted molar refractivity (Wildman–Crippen MR) is 67.1 cm³/mol. The largest absolute Gasteiger partial charge is 0.287 e. The van der Waals surface area contributed by atoms with E-state index in [0.29, 0.717) is 16.1 Å². The van der Waals surface area contributed by atoms with E-state index in [1.807, 2.05) is 6.07 Å². The summed E-state index contributed by atoms with van der Waals surface area (Å²) < 4.78 is 1.76. The summed E-state index contributed by atoms with van der Waals surface area (Å²) >= 11 is 5.77. The number of nitriles is 1. The van der Waals surface area contributed by atoms with E-state index in [9.17, 15) is 4.79 Å². The summed E-state index contributed by atoms with van der Waals surface area (Å²) in [4.78, 5) is 12.0. The lowest BCUT2D eigenvalue weighted by Crippen LogP contribution is -2.36. The number of pyridine rings is 1. The molecule has 2 rings (SSSR count). The van der Waals surface area contributed by atoms with Crippen LogP contribution < -0.4 is 4.57 Å². The summed E-state index contributed by atoms with van der Waals surface area (Å²) in [6.07, 6.45) is 3.51. The van der Waals surface area contributed by atoms with Crippen LogP contribution in [0.15, 0.2) is 48.8 Å². The van der Waals surface area contributed by atoms with Gasteiger partial charge in [-0.25, -0.2) is 0 Å². The van der Waals surface area contributed by atoms with Gasteiger partial charge in [-0.05, 0) is 24.3 Å². The van der Waals surface area contributed by atoms with Crippen molar-refractivity contribution in [3.8, 4) is 6.07 Å².